The maximum atomic E-state index is 5.72. The van der Waals surface area contributed by atoms with Crippen molar-refractivity contribution in [3.63, 3.8) is 0 Å². The number of nitrogens with two attached hydrogens (primary N) is 1. The highest BCUT2D eigenvalue weighted by molar-refractivity contribution is 7.80. The molecule has 2 aromatic rings. The van der Waals surface area contributed by atoms with E-state index in [9.17, 15) is 0 Å². The van der Waals surface area contributed by atoms with Crippen LogP contribution in [0, 0.1) is 0 Å². The van der Waals surface area contributed by atoms with Crippen LogP contribution in [0.4, 0.5) is 0 Å². The van der Waals surface area contributed by atoms with Gasteiger partial charge < -0.3 is 15.2 Å². The molecule has 0 amide bonds. The summed E-state index contributed by atoms with van der Waals surface area (Å²) >= 11 is 4.97. The van der Waals surface area contributed by atoms with Gasteiger partial charge in [-0.3, -0.25) is 4.98 Å². The smallest absolute Gasteiger partial charge is 0.155 e. The van der Waals surface area contributed by atoms with Gasteiger partial charge in [-0.15, -0.1) is 0 Å². The molecule has 2 N–H and O–H groups in total. The zero-order valence-electron chi connectivity index (χ0n) is 10.5. The number of ether oxygens (including phenoxy) is 2. The first-order valence-corrected chi connectivity index (χ1v) is 6.26. The van der Waals surface area contributed by atoms with Crippen molar-refractivity contribution in [3.8, 4) is 17.2 Å². The number of hydrogen-bond acceptors (Lipinski definition) is 4. The third kappa shape index (κ3) is 3.42. The van der Waals surface area contributed by atoms with Gasteiger partial charge in [0.05, 0.1) is 18.4 Å². The summed E-state index contributed by atoms with van der Waals surface area (Å²) in [5, 5.41) is 0. The maximum absolute atomic E-state index is 5.72. The van der Waals surface area contributed by atoms with Gasteiger partial charge in [0.2, 0.25) is 0 Å². The number of nitrogens with zero attached hydrogens (tertiary/aromatic N) is 1. The van der Waals surface area contributed by atoms with E-state index >= 15 is 0 Å². The van der Waals surface area contributed by atoms with E-state index in [4.69, 9.17) is 27.4 Å². The second-order valence-corrected chi connectivity index (χ2v) is 4.18. The van der Waals surface area contributed by atoms with Gasteiger partial charge >= 0.3 is 0 Å². The predicted molar refractivity (Wildman–Crippen MR) is 77.8 cm³/mol. The summed E-state index contributed by atoms with van der Waals surface area (Å²) in [4.78, 5) is 4.29. The van der Waals surface area contributed by atoms with Crippen molar-refractivity contribution < 1.29 is 9.47 Å². The quantitative estimate of drug-likeness (QED) is 0.850. The van der Waals surface area contributed by atoms with E-state index in [0.29, 0.717) is 23.7 Å². The minimum atomic E-state index is 0.281. The monoisotopic (exact) mass is 274 g/mol. The van der Waals surface area contributed by atoms with Gasteiger partial charge in [0.15, 0.2) is 5.75 Å². The molecule has 0 aliphatic heterocycles. The lowest BCUT2D eigenvalue weighted by Crippen LogP contribution is -2.10. The predicted octanol–water partition coefficient (Wildman–Crippen LogP) is 2.91. The molecule has 4 nitrogen and oxygen atoms in total. The SMILES string of the molecule is CCOc1ccc(Oc2cnccc2C(N)=S)cc1. The molecule has 1 aromatic carbocycles. The van der Waals surface area contributed by atoms with Crippen LogP contribution in [0.1, 0.15) is 12.5 Å². The van der Waals surface area contributed by atoms with E-state index in [2.05, 4.69) is 4.98 Å². The molecule has 19 heavy (non-hydrogen) atoms. The molecule has 0 unspecified atom stereocenters. The molecule has 0 aliphatic carbocycles. The topological polar surface area (TPSA) is 57.4 Å². The fraction of sp³-hybridized carbons (Fsp3) is 0.143. The Balaban J connectivity index is 2.19. The molecule has 0 saturated carbocycles. The van der Waals surface area contributed by atoms with Crippen molar-refractivity contribution >= 4 is 17.2 Å². The summed E-state index contributed by atoms with van der Waals surface area (Å²) < 4.78 is 11.1. The Morgan fingerprint density at radius 1 is 1.21 bits per heavy atom. The number of thiocarbonyl (C=S) groups is 1. The van der Waals surface area contributed by atoms with Crippen LogP contribution in [-0.2, 0) is 0 Å². The molecule has 0 saturated heterocycles. The first kappa shape index (κ1) is 13.3. The average Bonchev–Trinajstić information content (AvgIpc) is 2.42. The van der Waals surface area contributed by atoms with Crippen molar-refractivity contribution in [2.45, 2.75) is 6.92 Å². The van der Waals surface area contributed by atoms with E-state index in [1.54, 1.807) is 18.5 Å². The zero-order valence-corrected chi connectivity index (χ0v) is 11.3. The van der Waals surface area contributed by atoms with Crippen LogP contribution in [0.15, 0.2) is 42.7 Å². The fourth-order valence-corrected chi connectivity index (χ4v) is 1.73. The van der Waals surface area contributed by atoms with Crippen LogP contribution in [-0.4, -0.2) is 16.6 Å². The Bertz CT molecular complexity index is 570. The van der Waals surface area contributed by atoms with E-state index < -0.39 is 0 Å². The van der Waals surface area contributed by atoms with Crippen LogP contribution < -0.4 is 15.2 Å². The molecule has 0 aliphatic rings. The second-order valence-electron chi connectivity index (χ2n) is 3.74. The van der Waals surface area contributed by atoms with Gasteiger partial charge in [-0.1, -0.05) is 12.2 Å². The molecule has 1 heterocycles. The van der Waals surface area contributed by atoms with Crippen LogP contribution in [0.3, 0.4) is 0 Å². The molecular formula is C14H14N2O2S. The van der Waals surface area contributed by atoms with E-state index in [1.165, 1.54) is 0 Å². The normalized spacial score (nSPS) is 9.95. The molecule has 0 radical (unpaired) electrons. The first-order chi connectivity index (χ1) is 9.20. The summed E-state index contributed by atoms with van der Waals surface area (Å²) in [6.07, 6.45) is 3.21. The maximum Gasteiger partial charge on any atom is 0.155 e. The molecule has 98 valence electrons. The Morgan fingerprint density at radius 2 is 1.89 bits per heavy atom. The molecule has 0 atom stereocenters. The highest BCUT2D eigenvalue weighted by Crippen LogP contribution is 2.26. The lowest BCUT2D eigenvalue weighted by Gasteiger charge is -2.10. The summed E-state index contributed by atoms with van der Waals surface area (Å²) in [6, 6.07) is 9.06. The Kier molecular flexibility index (Phi) is 4.30. The largest absolute Gasteiger partial charge is 0.494 e. The summed E-state index contributed by atoms with van der Waals surface area (Å²) in [7, 11) is 0. The third-order valence-electron chi connectivity index (χ3n) is 2.41. The Labute approximate surface area is 117 Å². The van der Waals surface area contributed by atoms with E-state index in [1.807, 2.05) is 31.2 Å². The highest BCUT2D eigenvalue weighted by Gasteiger charge is 2.07. The van der Waals surface area contributed by atoms with E-state index in [-0.39, 0.29) is 4.99 Å². The minimum Gasteiger partial charge on any atom is -0.494 e. The van der Waals surface area contributed by atoms with Crippen LogP contribution in [0.5, 0.6) is 17.2 Å². The van der Waals surface area contributed by atoms with Crippen molar-refractivity contribution in [2.24, 2.45) is 5.73 Å². The van der Waals surface area contributed by atoms with Crippen LogP contribution in [0.2, 0.25) is 0 Å². The fourth-order valence-electron chi connectivity index (χ4n) is 1.56. The lowest BCUT2D eigenvalue weighted by molar-refractivity contribution is 0.339. The van der Waals surface area contributed by atoms with Crippen molar-refractivity contribution in [3.05, 3.63) is 48.3 Å². The molecular weight excluding hydrogens is 260 g/mol. The van der Waals surface area contributed by atoms with Gasteiger partial charge in [-0.05, 0) is 37.3 Å². The van der Waals surface area contributed by atoms with Gasteiger partial charge in [0.25, 0.3) is 0 Å². The van der Waals surface area contributed by atoms with Gasteiger partial charge in [0.1, 0.15) is 16.5 Å². The van der Waals surface area contributed by atoms with Crippen molar-refractivity contribution in [1.29, 1.82) is 0 Å². The van der Waals surface area contributed by atoms with Gasteiger partial charge in [-0.2, -0.15) is 0 Å². The molecule has 0 fully saturated rings. The summed E-state index contributed by atoms with van der Waals surface area (Å²) in [5.74, 6) is 2.02. The minimum absolute atomic E-state index is 0.281. The second kappa shape index (κ2) is 6.15. The van der Waals surface area contributed by atoms with Crippen LogP contribution >= 0.6 is 12.2 Å². The molecule has 0 spiro atoms. The molecule has 5 heteroatoms. The van der Waals surface area contributed by atoms with E-state index in [0.717, 1.165) is 5.75 Å². The van der Waals surface area contributed by atoms with Crippen molar-refractivity contribution in [2.75, 3.05) is 6.61 Å². The average molecular weight is 274 g/mol. The first-order valence-electron chi connectivity index (χ1n) is 5.85. The van der Waals surface area contributed by atoms with Gasteiger partial charge in [-0.25, -0.2) is 0 Å². The standard InChI is InChI=1S/C14H14N2O2S/c1-2-17-10-3-5-11(6-4-10)18-13-9-16-8-7-12(13)14(15)19/h3-9H,2H2,1H3,(H2,15,19). The third-order valence-corrected chi connectivity index (χ3v) is 2.63. The number of benzene rings is 1. The van der Waals surface area contributed by atoms with Crippen molar-refractivity contribution in [1.82, 2.24) is 4.98 Å². The molecule has 0 bridgehead atoms. The van der Waals surface area contributed by atoms with Gasteiger partial charge in [0, 0.05) is 6.20 Å². The summed E-state index contributed by atoms with van der Waals surface area (Å²) in [6.45, 7) is 2.57. The zero-order chi connectivity index (χ0) is 13.7. The number of rotatable bonds is 5. The Hall–Kier alpha value is -2.14. The lowest BCUT2D eigenvalue weighted by atomic mass is 10.2. The molecule has 1 aromatic heterocycles. The number of hydrogen-bond donors (Lipinski definition) is 1. The number of pyridine rings is 1. The number of aromatic nitrogens is 1. The Morgan fingerprint density at radius 3 is 2.53 bits per heavy atom. The summed E-state index contributed by atoms with van der Waals surface area (Å²) in [5.41, 5.74) is 6.30. The highest BCUT2D eigenvalue weighted by atomic mass is 32.1. The van der Waals surface area contributed by atoms with Crippen LogP contribution in [0.25, 0.3) is 0 Å². The molecule has 2 rings (SSSR count).